The number of hydrogen-bond acceptors (Lipinski definition) is 5. The number of benzene rings is 1. The van der Waals surface area contributed by atoms with Gasteiger partial charge in [0.25, 0.3) is 5.91 Å². The van der Waals surface area contributed by atoms with E-state index in [1.165, 1.54) is 0 Å². The average molecular weight is 369 g/mol. The van der Waals surface area contributed by atoms with Crippen LogP contribution in [0.4, 0.5) is 4.79 Å². The van der Waals surface area contributed by atoms with Crippen molar-refractivity contribution < 1.29 is 19.1 Å². The first kappa shape index (κ1) is 18.8. The van der Waals surface area contributed by atoms with E-state index < -0.39 is 5.60 Å². The van der Waals surface area contributed by atoms with Crippen molar-refractivity contribution in [1.29, 1.82) is 0 Å². The average Bonchev–Trinajstić information content (AvgIpc) is 2.65. The number of fused-ring (bicyclic) bond motifs is 1. The van der Waals surface area contributed by atoms with E-state index >= 15 is 0 Å². The lowest BCUT2D eigenvalue weighted by Gasteiger charge is -2.35. The molecule has 2 amide bonds. The molecule has 1 fully saturated rings. The Kier molecular flexibility index (Phi) is 5.12. The van der Waals surface area contributed by atoms with Crippen molar-refractivity contribution in [3.05, 3.63) is 41.6 Å². The van der Waals surface area contributed by atoms with Gasteiger partial charge in [-0.15, -0.1) is 0 Å². The molecule has 0 bridgehead atoms. The van der Waals surface area contributed by atoms with Crippen molar-refractivity contribution in [3.8, 4) is 0 Å². The van der Waals surface area contributed by atoms with Gasteiger partial charge in [0.1, 0.15) is 11.3 Å². The molecule has 3 rings (SSSR count). The fraction of sp³-hybridized carbons (Fsp3) is 0.400. The fourth-order valence-electron chi connectivity index (χ4n) is 2.94. The van der Waals surface area contributed by atoms with Crippen molar-refractivity contribution in [3.63, 3.8) is 0 Å². The van der Waals surface area contributed by atoms with Crippen molar-refractivity contribution in [1.82, 2.24) is 14.8 Å². The largest absolute Gasteiger partial charge is 0.444 e. The second-order valence-electron chi connectivity index (χ2n) is 7.52. The maximum absolute atomic E-state index is 12.8. The summed E-state index contributed by atoms with van der Waals surface area (Å²) in [5.41, 5.74) is 1.06. The summed E-state index contributed by atoms with van der Waals surface area (Å²) in [6, 6.07) is 8.64. The minimum Gasteiger partial charge on any atom is -0.444 e. The van der Waals surface area contributed by atoms with Crippen LogP contribution in [0.3, 0.4) is 0 Å². The maximum atomic E-state index is 12.8. The van der Waals surface area contributed by atoms with Gasteiger partial charge in [0, 0.05) is 37.1 Å². The van der Waals surface area contributed by atoms with Crippen LogP contribution < -0.4 is 0 Å². The monoisotopic (exact) mass is 369 g/mol. The summed E-state index contributed by atoms with van der Waals surface area (Å²) < 4.78 is 5.38. The van der Waals surface area contributed by atoms with E-state index in [4.69, 9.17) is 4.74 Å². The Labute approximate surface area is 157 Å². The molecule has 7 nitrogen and oxygen atoms in total. The van der Waals surface area contributed by atoms with E-state index in [0.29, 0.717) is 49.2 Å². The number of aldehydes is 1. The summed E-state index contributed by atoms with van der Waals surface area (Å²) in [5.74, 6) is -0.0831. The van der Waals surface area contributed by atoms with Crippen LogP contribution in [0, 0.1) is 0 Å². The highest BCUT2D eigenvalue weighted by Crippen LogP contribution is 2.18. The molecule has 0 N–H and O–H groups in total. The van der Waals surface area contributed by atoms with Gasteiger partial charge >= 0.3 is 6.09 Å². The fourth-order valence-corrected chi connectivity index (χ4v) is 2.94. The molecule has 1 aromatic carbocycles. The summed E-state index contributed by atoms with van der Waals surface area (Å²) in [5, 5.41) is 0.804. The molecule has 27 heavy (non-hydrogen) atoms. The van der Waals surface area contributed by atoms with Crippen LogP contribution >= 0.6 is 0 Å². The second kappa shape index (κ2) is 7.34. The van der Waals surface area contributed by atoms with Crippen LogP contribution in [0.2, 0.25) is 0 Å². The predicted molar refractivity (Wildman–Crippen MR) is 101 cm³/mol. The van der Waals surface area contributed by atoms with Gasteiger partial charge in [0.05, 0.1) is 5.52 Å². The predicted octanol–water partition coefficient (Wildman–Crippen LogP) is 2.74. The Morgan fingerprint density at radius 3 is 2.33 bits per heavy atom. The zero-order valence-electron chi connectivity index (χ0n) is 15.8. The number of aromatic nitrogens is 1. The molecule has 0 saturated carbocycles. The molecule has 142 valence electrons. The van der Waals surface area contributed by atoms with Crippen LogP contribution in [0.1, 0.15) is 41.6 Å². The summed E-state index contributed by atoms with van der Waals surface area (Å²) in [6.45, 7) is 7.29. The maximum Gasteiger partial charge on any atom is 0.410 e. The quantitative estimate of drug-likeness (QED) is 0.761. The molecule has 1 saturated heterocycles. The number of pyridine rings is 1. The smallest absolute Gasteiger partial charge is 0.410 e. The Balaban J connectivity index is 1.66. The second-order valence-corrected chi connectivity index (χ2v) is 7.52. The van der Waals surface area contributed by atoms with E-state index in [2.05, 4.69) is 4.98 Å². The molecule has 2 heterocycles. The van der Waals surface area contributed by atoms with Crippen molar-refractivity contribution >= 4 is 29.2 Å². The first-order valence-corrected chi connectivity index (χ1v) is 8.90. The molecule has 0 unspecified atom stereocenters. The Morgan fingerprint density at radius 2 is 1.70 bits per heavy atom. The number of amides is 2. The first-order valence-electron chi connectivity index (χ1n) is 8.90. The van der Waals surface area contributed by atoms with Crippen LogP contribution in [-0.2, 0) is 4.74 Å². The van der Waals surface area contributed by atoms with Gasteiger partial charge in [-0.25, -0.2) is 9.78 Å². The molecular weight excluding hydrogens is 346 g/mol. The molecular formula is C20H23N3O4. The van der Waals surface area contributed by atoms with Crippen molar-refractivity contribution in [2.45, 2.75) is 26.4 Å². The third-order valence-corrected chi connectivity index (χ3v) is 4.30. The highest BCUT2D eigenvalue weighted by molar-refractivity contribution is 5.98. The third kappa shape index (κ3) is 4.42. The van der Waals surface area contributed by atoms with Gasteiger partial charge in [-0.05, 0) is 45.0 Å². The molecule has 0 aliphatic carbocycles. The first-order chi connectivity index (χ1) is 12.8. The molecule has 0 radical (unpaired) electrons. The summed E-state index contributed by atoms with van der Waals surface area (Å²) in [7, 11) is 0. The van der Waals surface area contributed by atoms with Gasteiger partial charge in [-0.2, -0.15) is 0 Å². The number of rotatable bonds is 2. The molecule has 7 heteroatoms. The third-order valence-electron chi connectivity index (χ3n) is 4.30. The zero-order chi connectivity index (χ0) is 19.6. The Hall–Kier alpha value is -2.96. The lowest BCUT2D eigenvalue weighted by molar-refractivity contribution is 0.0141. The minimum atomic E-state index is -0.535. The summed E-state index contributed by atoms with van der Waals surface area (Å²) in [6.07, 6.45) is 0.347. The van der Waals surface area contributed by atoms with Gasteiger partial charge in [-0.1, -0.05) is 6.07 Å². The van der Waals surface area contributed by atoms with Crippen LogP contribution in [0.5, 0.6) is 0 Å². The Morgan fingerprint density at radius 1 is 1.04 bits per heavy atom. The number of ether oxygens (including phenoxy) is 1. The zero-order valence-corrected chi connectivity index (χ0v) is 15.8. The number of hydrogen-bond donors (Lipinski definition) is 0. The molecule has 0 spiro atoms. The minimum absolute atomic E-state index is 0.0831. The SMILES string of the molecule is CC(C)(C)OC(=O)N1CCN(C(=O)c2ccc3nc(C=O)ccc3c2)CC1. The molecule has 1 aromatic heterocycles. The van der Waals surface area contributed by atoms with E-state index in [9.17, 15) is 14.4 Å². The summed E-state index contributed by atoms with van der Waals surface area (Å²) in [4.78, 5) is 43.3. The topological polar surface area (TPSA) is 79.8 Å². The molecule has 0 atom stereocenters. The standard InChI is InChI=1S/C20H23N3O4/c1-20(2,3)27-19(26)23-10-8-22(9-11-23)18(25)15-5-7-17-14(12-15)4-6-16(13-24)21-17/h4-7,12-13H,8-11H2,1-3H3. The van der Waals surface area contributed by atoms with Crippen LogP contribution in [-0.4, -0.2) is 64.9 Å². The molecule has 2 aromatic rings. The van der Waals surface area contributed by atoms with Crippen LogP contribution in [0.25, 0.3) is 10.9 Å². The van der Waals surface area contributed by atoms with E-state index in [1.807, 2.05) is 20.8 Å². The number of piperazine rings is 1. The summed E-state index contributed by atoms with van der Waals surface area (Å²) >= 11 is 0. The lowest BCUT2D eigenvalue weighted by Crippen LogP contribution is -2.51. The number of nitrogens with zero attached hydrogens (tertiary/aromatic N) is 3. The van der Waals surface area contributed by atoms with Gasteiger partial charge < -0.3 is 14.5 Å². The van der Waals surface area contributed by atoms with Gasteiger partial charge in [-0.3, -0.25) is 9.59 Å². The van der Waals surface area contributed by atoms with Gasteiger partial charge in [0.2, 0.25) is 0 Å². The Bertz CT molecular complexity index is 880. The van der Waals surface area contributed by atoms with Crippen molar-refractivity contribution in [2.75, 3.05) is 26.2 Å². The number of carbonyl (C=O) groups is 3. The van der Waals surface area contributed by atoms with E-state index in [-0.39, 0.29) is 12.0 Å². The van der Waals surface area contributed by atoms with E-state index in [0.717, 1.165) is 5.39 Å². The van der Waals surface area contributed by atoms with Crippen LogP contribution in [0.15, 0.2) is 30.3 Å². The highest BCUT2D eigenvalue weighted by atomic mass is 16.6. The highest BCUT2D eigenvalue weighted by Gasteiger charge is 2.28. The lowest BCUT2D eigenvalue weighted by atomic mass is 10.1. The van der Waals surface area contributed by atoms with E-state index in [1.54, 1.807) is 40.1 Å². The molecule has 1 aliphatic heterocycles. The normalized spacial score (nSPS) is 14.9. The number of carbonyl (C=O) groups excluding carboxylic acids is 3. The molecule has 1 aliphatic rings. The van der Waals surface area contributed by atoms with Gasteiger partial charge in [0.15, 0.2) is 6.29 Å². The van der Waals surface area contributed by atoms with Crippen molar-refractivity contribution in [2.24, 2.45) is 0 Å².